The molecule has 0 radical (unpaired) electrons. The van der Waals surface area contributed by atoms with E-state index >= 15 is 0 Å². The van der Waals surface area contributed by atoms with Gasteiger partial charge in [0.05, 0.1) is 0 Å². The third-order valence-corrected chi connectivity index (χ3v) is 4.66. The van der Waals surface area contributed by atoms with Gasteiger partial charge in [-0.2, -0.15) is 0 Å². The van der Waals surface area contributed by atoms with Gasteiger partial charge in [-0.25, -0.2) is 0 Å². The largest absolute Gasteiger partial charge is 0.325 e. The van der Waals surface area contributed by atoms with Gasteiger partial charge in [-0.05, 0) is 49.3 Å². The Morgan fingerprint density at radius 1 is 1.33 bits per heavy atom. The van der Waals surface area contributed by atoms with Crippen LogP contribution in [0.2, 0.25) is 0 Å². The van der Waals surface area contributed by atoms with Crippen LogP contribution in [0.4, 0.5) is 0 Å². The Balaban J connectivity index is 1.70. The Labute approximate surface area is 95.4 Å². The Morgan fingerprint density at radius 3 is 3.00 bits per heavy atom. The minimum atomic E-state index is 0.201. The van der Waals surface area contributed by atoms with Crippen LogP contribution in [0.15, 0.2) is 23.1 Å². The van der Waals surface area contributed by atoms with Crippen molar-refractivity contribution in [1.82, 2.24) is 0 Å². The van der Waals surface area contributed by atoms with Crippen molar-refractivity contribution in [3.05, 3.63) is 29.3 Å². The standard InChI is InChI=1S/C13H17NS/c14-13(6-7-13)5-3-10-1-2-11-4-8-15-12(11)9-10/h1-2,9H,3-8,14H2. The molecule has 1 aromatic rings. The molecule has 3 rings (SSSR count). The summed E-state index contributed by atoms with van der Waals surface area (Å²) in [6, 6.07) is 6.97. The van der Waals surface area contributed by atoms with Crippen molar-refractivity contribution in [2.24, 2.45) is 5.73 Å². The number of rotatable bonds is 3. The zero-order chi connectivity index (χ0) is 10.3. The van der Waals surface area contributed by atoms with Gasteiger partial charge in [0.15, 0.2) is 0 Å². The summed E-state index contributed by atoms with van der Waals surface area (Å²) >= 11 is 2.00. The fourth-order valence-corrected chi connectivity index (χ4v) is 3.30. The summed E-state index contributed by atoms with van der Waals surface area (Å²) in [5.74, 6) is 1.26. The van der Waals surface area contributed by atoms with Crippen molar-refractivity contribution in [3.8, 4) is 0 Å². The maximum atomic E-state index is 6.10. The molecular weight excluding hydrogens is 202 g/mol. The van der Waals surface area contributed by atoms with Crippen molar-refractivity contribution >= 4 is 11.8 Å². The molecule has 0 spiro atoms. The van der Waals surface area contributed by atoms with E-state index in [9.17, 15) is 0 Å². The highest BCUT2D eigenvalue weighted by Gasteiger charge is 2.37. The molecule has 2 N–H and O–H groups in total. The van der Waals surface area contributed by atoms with E-state index < -0.39 is 0 Å². The molecule has 80 valence electrons. The van der Waals surface area contributed by atoms with Crippen molar-refractivity contribution < 1.29 is 0 Å². The van der Waals surface area contributed by atoms with Gasteiger partial charge in [-0.15, -0.1) is 11.8 Å². The van der Waals surface area contributed by atoms with E-state index in [0.29, 0.717) is 0 Å². The van der Waals surface area contributed by atoms with Crippen LogP contribution in [0.3, 0.4) is 0 Å². The lowest BCUT2D eigenvalue weighted by Gasteiger charge is -2.09. The molecule has 1 saturated carbocycles. The fourth-order valence-electron chi connectivity index (χ4n) is 2.17. The third-order valence-electron chi connectivity index (χ3n) is 3.56. The first kappa shape index (κ1) is 9.73. The first-order chi connectivity index (χ1) is 7.25. The number of thioether (sulfide) groups is 1. The summed E-state index contributed by atoms with van der Waals surface area (Å²) in [5, 5.41) is 0. The number of hydrogen-bond acceptors (Lipinski definition) is 2. The Hall–Kier alpha value is -0.470. The highest BCUT2D eigenvalue weighted by Crippen LogP contribution is 2.37. The zero-order valence-corrected chi connectivity index (χ0v) is 9.78. The van der Waals surface area contributed by atoms with E-state index in [4.69, 9.17) is 5.73 Å². The topological polar surface area (TPSA) is 26.0 Å². The van der Waals surface area contributed by atoms with Gasteiger partial charge in [0.25, 0.3) is 0 Å². The second-order valence-corrected chi connectivity index (χ2v) is 6.04. The maximum Gasteiger partial charge on any atom is 0.0158 e. The van der Waals surface area contributed by atoms with Gasteiger partial charge in [0.2, 0.25) is 0 Å². The van der Waals surface area contributed by atoms with Crippen molar-refractivity contribution in [3.63, 3.8) is 0 Å². The highest BCUT2D eigenvalue weighted by atomic mass is 32.2. The van der Waals surface area contributed by atoms with Gasteiger partial charge >= 0.3 is 0 Å². The molecule has 1 aromatic carbocycles. The van der Waals surface area contributed by atoms with E-state index in [1.165, 1.54) is 41.0 Å². The fraction of sp³-hybridized carbons (Fsp3) is 0.538. The van der Waals surface area contributed by atoms with E-state index in [-0.39, 0.29) is 5.54 Å². The molecule has 0 atom stereocenters. The van der Waals surface area contributed by atoms with E-state index in [1.54, 1.807) is 0 Å². The summed E-state index contributed by atoms with van der Waals surface area (Å²) in [6.45, 7) is 0. The van der Waals surface area contributed by atoms with E-state index in [1.807, 2.05) is 11.8 Å². The maximum absolute atomic E-state index is 6.10. The summed E-state index contributed by atoms with van der Waals surface area (Å²) in [5.41, 5.74) is 9.31. The Kier molecular flexibility index (Phi) is 2.29. The lowest BCUT2D eigenvalue weighted by Crippen LogP contribution is -2.22. The number of hydrogen-bond donors (Lipinski definition) is 1. The second-order valence-electron chi connectivity index (χ2n) is 4.90. The van der Waals surface area contributed by atoms with Crippen LogP contribution in [0.5, 0.6) is 0 Å². The van der Waals surface area contributed by atoms with E-state index in [2.05, 4.69) is 18.2 Å². The molecular formula is C13H17NS. The summed E-state index contributed by atoms with van der Waals surface area (Å²) in [6.07, 6.45) is 6.03. The molecule has 15 heavy (non-hydrogen) atoms. The lowest BCUT2D eigenvalue weighted by molar-refractivity contribution is 0.609. The molecule has 0 bridgehead atoms. The molecule has 2 heteroatoms. The normalized spacial score (nSPS) is 21.4. The number of benzene rings is 1. The second kappa shape index (κ2) is 3.53. The van der Waals surface area contributed by atoms with Crippen LogP contribution in [-0.2, 0) is 12.8 Å². The zero-order valence-electron chi connectivity index (χ0n) is 8.96. The quantitative estimate of drug-likeness (QED) is 0.846. The van der Waals surface area contributed by atoms with Crippen LogP contribution in [0.25, 0.3) is 0 Å². The smallest absolute Gasteiger partial charge is 0.0158 e. The van der Waals surface area contributed by atoms with E-state index in [0.717, 1.165) is 12.8 Å². The minimum Gasteiger partial charge on any atom is -0.325 e. The monoisotopic (exact) mass is 219 g/mol. The number of aryl methyl sites for hydroxylation is 2. The molecule has 2 aliphatic rings. The predicted molar refractivity (Wildman–Crippen MR) is 65.3 cm³/mol. The minimum absolute atomic E-state index is 0.201. The van der Waals surface area contributed by atoms with Crippen LogP contribution in [0.1, 0.15) is 30.4 Å². The molecule has 1 aliphatic heterocycles. The van der Waals surface area contributed by atoms with Gasteiger partial charge in [-0.1, -0.05) is 12.1 Å². The van der Waals surface area contributed by atoms with Crippen LogP contribution in [0, 0.1) is 0 Å². The molecule has 1 heterocycles. The van der Waals surface area contributed by atoms with Crippen molar-refractivity contribution in [2.75, 3.05) is 5.75 Å². The highest BCUT2D eigenvalue weighted by molar-refractivity contribution is 7.99. The SMILES string of the molecule is NC1(CCc2ccc3c(c2)SCC3)CC1. The summed E-state index contributed by atoms with van der Waals surface area (Å²) < 4.78 is 0. The van der Waals surface area contributed by atoms with Crippen LogP contribution >= 0.6 is 11.8 Å². The first-order valence-electron chi connectivity index (χ1n) is 5.79. The summed E-state index contributed by atoms with van der Waals surface area (Å²) in [4.78, 5) is 1.51. The molecule has 0 amide bonds. The van der Waals surface area contributed by atoms with Gasteiger partial charge in [0, 0.05) is 16.2 Å². The first-order valence-corrected chi connectivity index (χ1v) is 6.77. The van der Waals surface area contributed by atoms with Crippen LogP contribution in [-0.4, -0.2) is 11.3 Å². The average molecular weight is 219 g/mol. The molecule has 1 nitrogen and oxygen atoms in total. The number of fused-ring (bicyclic) bond motifs is 1. The Morgan fingerprint density at radius 2 is 2.20 bits per heavy atom. The molecule has 0 unspecified atom stereocenters. The van der Waals surface area contributed by atoms with Crippen molar-refractivity contribution in [1.29, 1.82) is 0 Å². The predicted octanol–water partition coefficient (Wildman–Crippen LogP) is 2.76. The van der Waals surface area contributed by atoms with Crippen LogP contribution < -0.4 is 5.73 Å². The van der Waals surface area contributed by atoms with Gasteiger partial charge in [0.1, 0.15) is 0 Å². The lowest BCUT2D eigenvalue weighted by atomic mass is 10.0. The molecule has 1 aliphatic carbocycles. The molecule has 1 fully saturated rings. The van der Waals surface area contributed by atoms with Crippen molar-refractivity contribution in [2.45, 2.75) is 42.5 Å². The molecule has 0 saturated heterocycles. The Bertz CT molecular complexity index is 382. The third kappa shape index (κ3) is 2.06. The van der Waals surface area contributed by atoms with Gasteiger partial charge in [-0.3, -0.25) is 0 Å². The number of nitrogens with two attached hydrogens (primary N) is 1. The summed E-state index contributed by atoms with van der Waals surface area (Å²) in [7, 11) is 0. The molecule has 0 aromatic heterocycles. The average Bonchev–Trinajstić information content (AvgIpc) is 2.80. The van der Waals surface area contributed by atoms with Gasteiger partial charge < -0.3 is 5.73 Å².